The van der Waals surface area contributed by atoms with Crippen molar-refractivity contribution in [3.05, 3.63) is 54.3 Å². The molecule has 0 saturated carbocycles. The van der Waals surface area contributed by atoms with Crippen LogP contribution in [0.25, 0.3) is 11.6 Å². The maximum absolute atomic E-state index is 12.2. The molecule has 7 heteroatoms. The molecule has 3 aromatic rings. The number of nitrogens with zero attached hydrogens (tertiary/aromatic N) is 3. The number of amides is 1. The van der Waals surface area contributed by atoms with E-state index in [9.17, 15) is 4.79 Å². The SMILES string of the molecule is CCn1c(SCC(=O)N[C@H](C)c2ccccc2)nnc1-c1ccco1. The summed E-state index contributed by atoms with van der Waals surface area (Å²) in [7, 11) is 0. The van der Waals surface area contributed by atoms with E-state index < -0.39 is 0 Å². The fourth-order valence-electron chi connectivity index (χ4n) is 2.51. The van der Waals surface area contributed by atoms with Crippen LogP contribution in [0.3, 0.4) is 0 Å². The number of benzene rings is 1. The number of aromatic nitrogens is 3. The molecule has 1 N–H and O–H groups in total. The molecule has 1 aromatic carbocycles. The van der Waals surface area contributed by atoms with E-state index in [4.69, 9.17) is 4.42 Å². The van der Waals surface area contributed by atoms with Gasteiger partial charge in [0, 0.05) is 6.54 Å². The average molecular weight is 356 g/mol. The van der Waals surface area contributed by atoms with Gasteiger partial charge in [-0.1, -0.05) is 42.1 Å². The first kappa shape index (κ1) is 17.3. The van der Waals surface area contributed by atoms with Crippen LogP contribution in [0.15, 0.2) is 58.3 Å². The van der Waals surface area contributed by atoms with Gasteiger partial charge < -0.3 is 9.73 Å². The summed E-state index contributed by atoms with van der Waals surface area (Å²) in [5.74, 6) is 1.59. The van der Waals surface area contributed by atoms with E-state index >= 15 is 0 Å². The Morgan fingerprint density at radius 3 is 2.72 bits per heavy atom. The highest BCUT2D eigenvalue weighted by Crippen LogP contribution is 2.24. The summed E-state index contributed by atoms with van der Waals surface area (Å²) < 4.78 is 7.33. The van der Waals surface area contributed by atoms with Gasteiger partial charge in [-0.25, -0.2) is 0 Å². The molecule has 2 heterocycles. The molecule has 1 atom stereocenters. The summed E-state index contributed by atoms with van der Waals surface area (Å²) >= 11 is 1.37. The molecule has 3 rings (SSSR count). The second-order valence-corrected chi connectivity index (χ2v) is 6.46. The molecular weight excluding hydrogens is 336 g/mol. The van der Waals surface area contributed by atoms with Gasteiger partial charge >= 0.3 is 0 Å². The molecule has 130 valence electrons. The minimum absolute atomic E-state index is 0.0305. The Balaban J connectivity index is 1.61. The van der Waals surface area contributed by atoms with Crippen molar-refractivity contribution >= 4 is 17.7 Å². The standard InChI is InChI=1S/C18H20N4O2S/c1-3-22-17(15-10-7-11-24-15)20-21-18(22)25-12-16(23)19-13(2)14-8-5-4-6-9-14/h4-11,13H,3,12H2,1-2H3,(H,19,23)/t13-/m1/s1. The minimum atomic E-state index is -0.0356. The summed E-state index contributed by atoms with van der Waals surface area (Å²) in [5, 5.41) is 12.1. The first-order valence-corrected chi connectivity index (χ1v) is 9.11. The Morgan fingerprint density at radius 2 is 2.04 bits per heavy atom. The molecule has 0 aliphatic heterocycles. The van der Waals surface area contributed by atoms with Gasteiger partial charge in [-0.05, 0) is 31.5 Å². The van der Waals surface area contributed by atoms with Gasteiger partial charge in [0.25, 0.3) is 0 Å². The van der Waals surface area contributed by atoms with E-state index in [1.807, 2.05) is 60.9 Å². The number of rotatable bonds is 7. The van der Waals surface area contributed by atoms with E-state index in [2.05, 4.69) is 15.5 Å². The van der Waals surface area contributed by atoms with E-state index in [0.29, 0.717) is 23.3 Å². The highest BCUT2D eigenvalue weighted by atomic mass is 32.2. The van der Waals surface area contributed by atoms with Crippen molar-refractivity contribution in [3.63, 3.8) is 0 Å². The van der Waals surface area contributed by atoms with Crippen LogP contribution in [-0.2, 0) is 11.3 Å². The predicted molar refractivity (Wildman–Crippen MR) is 97.1 cm³/mol. The van der Waals surface area contributed by atoms with Gasteiger partial charge in [-0.15, -0.1) is 10.2 Å². The minimum Gasteiger partial charge on any atom is -0.461 e. The van der Waals surface area contributed by atoms with E-state index in [1.165, 1.54) is 11.8 Å². The summed E-state index contributed by atoms with van der Waals surface area (Å²) in [6.07, 6.45) is 1.61. The van der Waals surface area contributed by atoms with Crippen molar-refractivity contribution in [1.29, 1.82) is 0 Å². The quantitative estimate of drug-likeness (QED) is 0.656. The number of nitrogens with one attached hydrogen (secondary N) is 1. The zero-order valence-electron chi connectivity index (χ0n) is 14.2. The summed E-state index contributed by atoms with van der Waals surface area (Å²) in [6, 6.07) is 13.5. The normalized spacial score (nSPS) is 12.1. The highest BCUT2D eigenvalue weighted by molar-refractivity contribution is 7.99. The van der Waals surface area contributed by atoms with E-state index in [0.717, 1.165) is 5.56 Å². The van der Waals surface area contributed by atoms with Gasteiger partial charge in [0.1, 0.15) is 0 Å². The third-order valence-corrected chi connectivity index (χ3v) is 4.75. The number of carbonyl (C=O) groups is 1. The molecule has 0 aliphatic carbocycles. The van der Waals surface area contributed by atoms with Crippen LogP contribution in [0, 0.1) is 0 Å². The molecule has 0 bridgehead atoms. The topological polar surface area (TPSA) is 73.0 Å². The Labute approximate surface area is 150 Å². The van der Waals surface area contributed by atoms with Crippen molar-refractivity contribution in [2.24, 2.45) is 0 Å². The Kier molecular flexibility index (Phi) is 5.55. The molecule has 0 radical (unpaired) electrons. The number of hydrogen-bond acceptors (Lipinski definition) is 5. The van der Waals surface area contributed by atoms with Gasteiger partial charge in [0.15, 0.2) is 16.7 Å². The maximum Gasteiger partial charge on any atom is 0.230 e. The number of hydrogen-bond donors (Lipinski definition) is 1. The average Bonchev–Trinajstić information content (AvgIpc) is 3.29. The fourth-order valence-corrected chi connectivity index (χ4v) is 3.32. The van der Waals surface area contributed by atoms with Gasteiger partial charge in [-0.2, -0.15) is 0 Å². The molecule has 6 nitrogen and oxygen atoms in total. The molecule has 2 aromatic heterocycles. The van der Waals surface area contributed by atoms with Crippen LogP contribution in [0.1, 0.15) is 25.5 Å². The van der Waals surface area contributed by atoms with Gasteiger partial charge in [-0.3, -0.25) is 9.36 Å². The van der Waals surface area contributed by atoms with Crippen molar-refractivity contribution in [2.75, 3.05) is 5.75 Å². The molecule has 0 saturated heterocycles. The van der Waals surface area contributed by atoms with Crippen molar-refractivity contribution in [1.82, 2.24) is 20.1 Å². The lowest BCUT2D eigenvalue weighted by atomic mass is 10.1. The molecule has 0 fully saturated rings. The van der Waals surface area contributed by atoms with Crippen LogP contribution in [0.2, 0.25) is 0 Å². The largest absolute Gasteiger partial charge is 0.461 e. The number of carbonyl (C=O) groups excluding carboxylic acids is 1. The van der Waals surface area contributed by atoms with E-state index in [1.54, 1.807) is 6.26 Å². The monoisotopic (exact) mass is 356 g/mol. The lowest BCUT2D eigenvalue weighted by Crippen LogP contribution is -2.28. The summed E-state index contributed by atoms with van der Waals surface area (Å²) in [6.45, 7) is 4.69. The van der Waals surface area contributed by atoms with Crippen LogP contribution in [-0.4, -0.2) is 26.4 Å². The highest BCUT2D eigenvalue weighted by Gasteiger charge is 2.17. The summed E-state index contributed by atoms with van der Waals surface area (Å²) in [5.41, 5.74) is 1.08. The van der Waals surface area contributed by atoms with Crippen molar-refractivity contribution in [3.8, 4) is 11.6 Å². The predicted octanol–water partition coefficient (Wildman–Crippen LogP) is 3.53. The second-order valence-electron chi connectivity index (χ2n) is 5.52. The zero-order valence-corrected chi connectivity index (χ0v) is 15.0. The Hall–Kier alpha value is -2.54. The smallest absolute Gasteiger partial charge is 0.230 e. The van der Waals surface area contributed by atoms with E-state index in [-0.39, 0.29) is 17.7 Å². The van der Waals surface area contributed by atoms with Crippen molar-refractivity contribution < 1.29 is 9.21 Å². The van der Waals surface area contributed by atoms with Crippen molar-refractivity contribution in [2.45, 2.75) is 31.6 Å². The van der Waals surface area contributed by atoms with Crippen LogP contribution < -0.4 is 5.32 Å². The van der Waals surface area contributed by atoms with Crippen LogP contribution >= 0.6 is 11.8 Å². The Bertz CT molecular complexity index is 815. The van der Waals surface area contributed by atoms with Crippen LogP contribution in [0.4, 0.5) is 0 Å². The third kappa shape index (κ3) is 4.11. The third-order valence-electron chi connectivity index (χ3n) is 3.78. The Morgan fingerprint density at radius 1 is 1.24 bits per heavy atom. The van der Waals surface area contributed by atoms with Gasteiger partial charge in [0.2, 0.25) is 5.91 Å². The lowest BCUT2D eigenvalue weighted by molar-refractivity contribution is -0.119. The van der Waals surface area contributed by atoms with Crippen LogP contribution in [0.5, 0.6) is 0 Å². The first-order valence-electron chi connectivity index (χ1n) is 8.13. The molecule has 0 unspecified atom stereocenters. The molecule has 0 spiro atoms. The van der Waals surface area contributed by atoms with Gasteiger partial charge in [0.05, 0.1) is 18.1 Å². The fraction of sp³-hybridized carbons (Fsp3) is 0.278. The summed E-state index contributed by atoms with van der Waals surface area (Å²) in [4.78, 5) is 12.2. The first-order chi connectivity index (χ1) is 12.2. The number of furan rings is 1. The molecule has 1 amide bonds. The molecular formula is C18H20N4O2S. The zero-order chi connectivity index (χ0) is 17.6. The molecule has 0 aliphatic rings. The molecule has 25 heavy (non-hydrogen) atoms. The second kappa shape index (κ2) is 8.02. The lowest BCUT2D eigenvalue weighted by Gasteiger charge is -2.14. The number of thioether (sulfide) groups is 1. The maximum atomic E-state index is 12.2.